The Morgan fingerprint density at radius 1 is 1.19 bits per heavy atom. The molecule has 1 aliphatic carbocycles. The zero-order valence-corrected chi connectivity index (χ0v) is 13.9. The van der Waals surface area contributed by atoms with E-state index in [9.17, 15) is 4.79 Å². The third-order valence-electron chi connectivity index (χ3n) is 4.79. The van der Waals surface area contributed by atoms with Crippen molar-refractivity contribution in [1.29, 1.82) is 0 Å². The van der Waals surface area contributed by atoms with Crippen LogP contribution >= 0.6 is 0 Å². The minimum absolute atomic E-state index is 0.280. The number of rotatable bonds is 11. The maximum absolute atomic E-state index is 11.1. The Labute approximate surface area is 131 Å². The van der Waals surface area contributed by atoms with Crippen LogP contribution in [0.5, 0.6) is 0 Å². The van der Waals surface area contributed by atoms with Gasteiger partial charge < -0.3 is 4.74 Å². The van der Waals surface area contributed by atoms with E-state index in [2.05, 4.69) is 13.5 Å². The van der Waals surface area contributed by atoms with Gasteiger partial charge in [-0.2, -0.15) is 0 Å². The SMILES string of the molecule is C=CC(=O)OCCC(CCCCCC)CC1CCCCC1. The highest BCUT2D eigenvalue weighted by atomic mass is 16.5. The van der Waals surface area contributed by atoms with Crippen molar-refractivity contribution in [3.8, 4) is 0 Å². The number of carbonyl (C=O) groups excluding carboxylic acids is 1. The first-order valence-electron chi connectivity index (χ1n) is 9.05. The quantitative estimate of drug-likeness (QED) is 0.279. The summed E-state index contributed by atoms with van der Waals surface area (Å²) in [5, 5.41) is 0. The second-order valence-corrected chi connectivity index (χ2v) is 6.62. The highest BCUT2D eigenvalue weighted by molar-refractivity contribution is 5.81. The second-order valence-electron chi connectivity index (χ2n) is 6.62. The van der Waals surface area contributed by atoms with E-state index < -0.39 is 0 Å². The summed E-state index contributed by atoms with van der Waals surface area (Å²) in [6.07, 6.45) is 17.4. The van der Waals surface area contributed by atoms with E-state index in [1.165, 1.54) is 76.7 Å². The van der Waals surface area contributed by atoms with E-state index in [1.54, 1.807) is 0 Å². The van der Waals surface area contributed by atoms with Gasteiger partial charge in [-0.25, -0.2) is 4.79 Å². The average Bonchev–Trinajstić information content (AvgIpc) is 2.52. The zero-order chi connectivity index (χ0) is 15.3. The summed E-state index contributed by atoms with van der Waals surface area (Å²) in [6, 6.07) is 0. The topological polar surface area (TPSA) is 26.3 Å². The summed E-state index contributed by atoms with van der Waals surface area (Å²) in [4.78, 5) is 11.1. The highest BCUT2D eigenvalue weighted by Crippen LogP contribution is 2.32. The molecule has 1 fully saturated rings. The Bertz CT molecular complexity index is 279. The lowest BCUT2D eigenvalue weighted by Crippen LogP contribution is -2.15. The molecule has 0 heterocycles. The lowest BCUT2D eigenvalue weighted by molar-refractivity contribution is -0.138. The highest BCUT2D eigenvalue weighted by Gasteiger charge is 2.19. The average molecular weight is 294 g/mol. The number of ether oxygens (including phenoxy) is 1. The van der Waals surface area contributed by atoms with Crippen LogP contribution in [0.15, 0.2) is 12.7 Å². The van der Waals surface area contributed by atoms with Crippen molar-refractivity contribution < 1.29 is 9.53 Å². The first-order valence-corrected chi connectivity index (χ1v) is 9.05. The van der Waals surface area contributed by atoms with Crippen molar-refractivity contribution in [3.05, 3.63) is 12.7 Å². The fourth-order valence-corrected chi connectivity index (χ4v) is 3.52. The zero-order valence-electron chi connectivity index (χ0n) is 13.9. The Hall–Kier alpha value is -0.790. The van der Waals surface area contributed by atoms with Gasteiger partial charge in [0.2, 0.25) is 0 Å². The Morgan fingerprint density at radius 3 is 2.62 bits per heavy atom. The molecule has 0 N–H and O–H groups in total. The molecule has 0 bridgehead atoms. The van der Waals surface area contributed by atoms with Gasteiger partial charge in [-0.1, -0.05) is 77.7 Å². The summed E-state index contributed by atoms with van der Waals surface area (Å²) in [7, 11) is 0. The van der Waals surface area contributed by atoms with Crippen LogP contribution in [0.4, 0.5) is 0 Å². The molecule has 0 aliphatic heterocycles. The Kier molecular flexibility index (Phi) is 10.3. The van der Waals surface area contributed by atoms with E-state index in [0.29, 0.717) is 6.61 Å². The van der Waals surface area contributed by atoms with Gasteiger partial charge >= 0.3 is 5.97 Å². The normalized spacial score (nSPS) is 17.4. The molecule has 0 aromatic heterocycles. The van der Waals surface area contributed by atoms with Crippen molar-refractivity contribution in [2.75, 3.05) is 6.61 Å². The van der Waals surface area contributed by atoms with Crippen LogP contribution in [0.25, 0.3) is 0 Å². The molecule has 0 radical (unpaired) electrons. The van der Waals surface area contributed by atoms with Crippen LogP contribution in [0.1, 0.15) is 84.0 Å². The molecule has 2 heteroatoms. The van der Waals surface area contributed by atoms with Crippen LogP contribution in [0.2, 0.25) is 0 Å². The Balaban J connectivity index is 2.28. The summed E-state index contributed by atoms with van der Waals surface area (Å²) >= 11 is 0. The smallest absolute Gasteiger partial charge is 0.330 e. The molecule has 21 heavy (non-hydrogen) atoms. The van der Waals surface area contributed by atoms with E-state index in [-0.39, 0.29) is 5.97 Å². The monoisotopic (exact) mass is 294 g/mol. The molecule has 1 saturated carbocycles. The number of carbonyl (C=O) groups is 1. The largest absolute Gasteiger partial charge is 0.463 e. The number of hydrogen-bond donors (Lipinski definition) is 0. The molecule has 0 spiro atoms. The van der Waals surface area contributed by atoms with E-state index >= 15 is 0 Å². The van der Waals surface area contributed by atoms with Crippen molar-refractivity contribution in [2.24, 2.45) is 11.8 Å². The summed E-state index contributed by atoms with van der Waals surface area (Å²) in [5.41, 5.74) is 0. The molecular weight excluding hydrogens is 260 g/mol. The lowest BCUT2D eigenvalue weighted by atomic mass is 9.80. The molecule has 122 valence electrons. The molecule has 1 unspecified atom stereocenters. The van der Waals surface area contributed by atoms with Gasteiger partial charge in [-0.05, 0) is 24.7 Å². The van der Waals surface area contributed by atoms with Crippen LogP contribution in [-0.4, -0.2) is 12.6 Å². The van der Waals surface area contributed by atoms with Gasteiger partial charge in [0.25, 0.3) is 0 Å². The maximum Gasteiger partial charge on any atom is 0.330 e. The molecule has 0 aromatic rings. The van der Waals surface area contributed by atoms with Gasteiger partial charge in [0.05, 0.1) is 6.61 Å². The first kappa shape index (κ1) is 18.3. The predicted molar refractivity (Wildman–Crippen MR) is 89.2 cm³/mol. The van der Waals surface area contributed by atoms with Gasteiger partial charge in [-0.3, -0.25) is 0 Å². The Morgan fingerprint density at radius 2 is 1.95 bits per heavy atom. The molecule has 1 rings (SSSR count). The van der Waals surface area contributed by atoms with Crippen LogP contribution in [0, 0.1) is 11.8 Å². The standard InChI is InChI=1S/C19H34O2/c1-3-5-6-8-13-18(14-15-21-19(20)4-2)16-17-11-9-7-10-12-17/h4,17-18H,2-3,5-16H2,1H3. The fourth-order valence-electron chi connectivity index (χ4n) is 3.52. The molecule has 1 aliphatic rings. The van der Waals surface area contributed by atoms with E-state index in [4.69, 9.17) is 4.74 Å². The van der Waals surface area contributed by atoms with Gasteiger partial charge in [-0.15, -0.1) is 0 Å². The van der Waals surface area contributed by atoms with Gasteiger partial charge in [0.1, 0.15) is 0 Å². The van der Waals surface area contributed by atoms with E-state index in [1.807, 2.05) is 0 Å². The fraction of sp³-hybridized carbons (Fsp3) is 0.842. The van der Waals surface area contributed by atoms with Crippen molar-refractivity contribution in [1.82, 2.24) is 0 Å². The summed E-state index contributed by atoms with van der Waals surface area (Å²) in [5.74, 6) is 1.38. The number of hydrogen-bond acceptors (Lipinski definition) is 2. The summed E-state index contributed by atoms with van der Waals surface area (Å²) < 4.78 is 5.18. The molecule has 1 atom stereocenters. The molecular formula is C19H34O2. The molecule has 2 nitrogen and oxygen atoms in total. The third kappa shape index (κ3) is 8.95. The minimum atomic E-state index is -0.280. The lowest BCUT2D eigenvalue weighted by Gasteiger charge is -2.26. The number of unbranched alkanes of at least 4 members (excludes halogenated alkanes) is 3. The summed E-state index contributed by atoms with van der Waals surface area (Å²) in [6.45, 7) is 6.27. The number of esters is 1. The van der Waals surface area contributed by atoms with Crippen LogP contribution in [-0.2, 0) is 9.53 Å². The van der Waals surface area contributed by atoms with Gasteiger partial charge in [0.15, 0.2) is 0 Å². The van der Waals surface area contributed by atoms with Crippen LogP contribution < -0.4 is 0 Å². The van der Waals surface area contributed by atoms with Crippen molar-refractivity contribution in [3.63, 3.8) is 0 Å². The van der Waals surface area contributed by atoms with E-state index in [0.717, 1.165) is 18.3 Å². The minimum Gasteiger partial charge on any atom is -0.463 e. The van der Waals surface area contributed by atoms with Crippen molar-refractivity contribution >= 4 is 5.97 Å². The second kappa shape index (κ2) is 11.8. The third-order valence-corrected chi connectivity index (χ3v) is 4.79. The molecule has 0 amide bonds. The van der Waals surface area contributed by atoms with Crippen molar-refractivity contribution in [2.45, 2.75) is 84.0 Å². The van der Waals surface area contributed by atoms with Gasteiger partial charge in [0, 0.05) is 6.08 Å². The van der Waals surface area contributed by atoms with Crippen LogP contribution in [0.3, 0.4) is 0 Å². The molecule has 0 saturated heterocycles. The molecule has 0 aromatic carbocycles. The maximum atomic E-state index is 11.1. The first-order chi connectivity index (χ1) is 10.3. The predicted octanol–water partition coefficient (Wildman–Crippen LogP) is 5.66.